The zero-order valence-electron chi connectivity index (χ0n) is 24.0. The molecule has 0 saturated heterocycles. The molecular weight excluding hydrogens is 522 g/mol. The highest BCUT2D eigenvalue weighted by Gasteiger charge is 2.28. The Morgan fingerprint density at radius 2 is 1.85 bits per heavy atom. The summed E-state index contributed by atoms with van der Waals surface area (Å²) in [5, 5.41) is 3.68. The highest BCUT2D eigenvalue weighted by atomic mass is 32.2. The summed E-state index contributed by atoms with van der Waals surface area (Å²) in [5.74, 6) is 6.54. The fourth-order valence-electron chi connectivity index (χ4n) is 5.80. The molecule has 9 nitrogen and oxygen atoms in total. The second kappa shape index (κ2) is 11.8. The van der Waals surface area contributed by atoms with E-state index in [9.17, 15) is 8.42 Å². The van der Waals surface area contributed by atoms with Crippen LogP contribution in [-0.4, -0.2) is 45.2 Å². The fraction of sp³-hybridized carbons (Fsp3) is 0.600. The monoisotopic (exact) mass is 563 g/mol. The number of imidazole rings is 1. The predicted octanol–water partition coefficient (Wildman–Crippen LogP) is 5.10. The molecule has 3 aromatic heterocycles. The van der Waals surface area contributed by atoms with Gasteiger partial charge in [0.05, 0.1) is 12.8 Å². The molecule has 0 aromatic carbocycles. The van der Waals surface area contributed by atoms with Gasteiger partial charge in [0.2, 0.25) is 10.0 Å². The SMILES string of the molecule is C#C[C@H]1CC[C@H](Cn2c(-c3cc(C(C)C)ccn3)nc3nc(CNS(C)(=O)=O)nc(N[C@H](C)C4CCC4)c32)CC1. The maximum atomic E-state index is 11.8. The van der Waals surface area contributed by atoms with Gasteiger partial charge in [0.15, 0.2) is 17.3 Å². The average Bonchev–Trinajstić information content (AvgIpc) is 3.25. The summed E-state index contributed by atoms with van der Waals surface area (Å²) in [6, 6.07) is 4.38. The molecule has 214 valence electrons. The van der Waals surface area contributed by atoms with Crippen LogP contribution < -0.4 is 10.0 Å². The van der Waals surface area contributed by atoms with Crippen molar-refractivity contribution in [2.75, 3.05) is 11.6 Å². The van der Waals surface area contributed by atoms with E-state index in [1.165, 1.54) is 24.8 Å². The smallest absolute Gasteiger partial charge is 0.209 e. The van der Waals surface area contributed by atoms with Crippen molar-refractivity contribution in [3.05, 3.63) is 29.7 Å². The van der Waals surface area contributed by atoms with E-state index in [4.69, 9.17) is 26.4 Å². The van der Waals surface area contributed by atoms with E-state index in [1.807, 2.05) is 12.3 Å². The second-order valence-corrected chi connectivity index (χ2v) is 13.8. The maximum Gasteiger partial charge on any atom is 0.209 e. The van der Waals surface area contributed by atoms with E-state index in [-0.39, 0.29) is 12.6 Å². The van der Waals surface area contributed by atoms with Crippen molar-refractivity contribution in [2.24, 2.45) is 17.8 Å². The third-order valence-corrected chi connectivity index (χ3v) is 9.23. The standard InChI is InChI=1S/C30H41N7O2S/c1-6-21-10-12-22(13-11-21)18-37-27-28(33-20(4)23-8-7-9-23)34-26(17-32-40(5,38)39)35-29(27)36-30(37)25-16-24(19(2)3)14-15-31-25/h1,14-16,19-23,32H,7-13,17-18H2,2-5H3,(H,33,34,35)/t20-,21-,22-/m1/s1. The van der Waals surface area contributed by atoms with Crippen LogP contribution in [0.5, 0.6) is 0 Å². The summed E-state index contributed by atoms with van der Waals surface area (Å²) in [7, 11) is -3.40. The first-order valence-electron chi connectivity index (χ1n) is 14.5. The number of anilines is 1. The van der Waals surface area contributed by atoms with Gasteiger partial charge in [0.1, 0.15) is 17.0 Å². The van der Waals surface area contributed by atoms with Gasteiger partial charge in [0.25, 0.3) is 0 Å². The molecule has 2 aliphatic rings. The van der Waals surface area contributed by atoms with Gasteiger partial charge in [-0.15, -0.1) is 12.3 Å². The number of fused-ring (bicyclic) bond motifs is 1. The third-order valence-electron chi connectivity index (χ3n) is 8.57. The van der Waals surface area contributed by atoms with Crippen LogP contribution in [0.2, 0.25) is 0 Å². The molecule has 0 aliphatic heterocycles. The Morgan fingerprint density at radius 3 is 2.48 bits per heavy atom. The van der Waals surface area contributed by atoms with Gasteiger partial charge in [-0.2, -0.15) is 0 Å². The molecule has 0 amide bonds. The third kappa shape index (κ3) is 6.47. The number of hydrogen-bond donors (Lipinski definition) is 2. The molecule has 3 aromatic rings. The molecule has 0 spiro atoms. The van der Waals surface area contributed by atoms with E-state index >= 15 is 0 Å². The Labute approximate surface area is 238 Å². The van der Waals surface area contributed by atoms with Gasteiger partial charge < -0.3 is 9.88 Å². The molecule has 2 fully saturated rings. The minimum absolute atomic E-state index is 0.000638. The zero-order valence-corrected chi connectivity index (χ0v) is 24.8. The highest BCUT2D eigenvalue weighted by molar-refractivity contribution is 7.88. The van der Waals surface area contributed by atoms with E-state index in [0.717, 1.165) is 55.5 Å². The summed E-state index contributed by atoms with van der Waals surface area (Å²) in [4.78, 5) is 19.4. The van der Waals surface area contributed by atoms with E-state index < -0.39 is 10.0 Å². The quantitative estimate of drug-likeness (QED) is 0.330. The van der Waals surface area contributed by atoms with Crippen molar-refractivity contribution < 1.29 is 8.42 Å². The van der Waals surface area contributed by atoms with E-state index in [1.54, 1.807) is 0 Å². The zero-order chi connectivity index (χ0) is 28.4. The van der Waals surface area contributed by atoms with Crippen LogP contribution in [0.4, 0.5) is 5.82 Å². The Kier molecular flexibility index (Phi) is 8.43. The molecule has 3 heterocycles. The van der Waals surface area contributed by atoms with Crippen LogP contribution in [-0.2, 0) is 23.1 Å². The van der Waals surface area contributed by atoms with Gasteiger partial charge >= 0.3 is 0 Å². The highest BCUT2D eigenvalue weighted by Crippen LogP contribution is 2.36. The van der Waals surface area contributed by atoms with Crippen LogP contribution in [0, 0.1) is 30.1 Å². The Bertz CT molecular complexity index is 1500. The molecular formula is C30H41N7O2S. The number of pyridine rings is 1. The van der Waals surface area contributed by atoms with Crippen molar-refractivity contribution in [1.29, 1.82) is 0 Å². The first-order valence-corrected chi connectivity index (χ1v) is 16.4. The van der Waals surface area contributed by atoms with Crippen molar-refractivity contribution in [1.82, 2.24) is 29.2 Å². The topological polar surface area (TPSA) is 115 Å². The van der Waals surface area contributed by atoms with Gasteiger partial charge in [0, 0.05) is 24.7 Å². The lowest BCUT2D eigenvalue weighted by molar-refractivity contribution is 0.284. The van der Waals surface area contributed by atoms with Crippen molar-refractivity contribution in [2.45, 2.75) is 90.8 Å². The molecule has 2 N–H and O–H groups in total. The molecule has 10 heteroatoms. The maximum absolute atomic E-state index is 11.8. The van der Waals surface area contributed by atoms with Gasteiger partial charge in [-0.1, -0.05) is 20.3 Å². The molecule has 5 rings (SSSR count). The number of nitrogens with zero attached hydrogens (tertiary/aromatic N) is 5. The fourth-order valence-corrected chi connectivity index (χ4v) is 6.19. The Hall–Kier alpha value is -3.03. The number of sulfonamides is 1. The normalized spacial score (nSPS) is 20.8. The lowest BCUT2D eigenvalue weighted by Gasteiger charge is -2.32. The van der Waals surface area contributed by atoms with Crippen LogP contribution in [0.3, 0.4) is 0 Å². The van der Waals surface area contributed by atoms with Crippen molar-refractivity contribution in [3.8, 4) is 23.9 Å². The number of nitrogens with one attached hydrogen (secondary N) is 2. The van der Waals surface area contributed by atoms with Crippen molar-refractivity contribution >= 4 is 27.0 Å². The molecule has 40 heavy (non-hydrogen) atoms. The number of rotatable bonds is 10. The molecule has 0 radical (unpaired) electrons. The lowest BCUT2D eigenvalue weighted by Crippen LogP contribution is -2.32. The summed E-state index contributed by atoms with van der Waals surface area (Å²) in [6.45, 7) is 7.31. The minimum Gasteiger partial charge on any atom is -0.365 e. The van der Waals surface area contributed by atoms with Gasteiger partial charge in [-0.3, -0.25) is 4.98 Å². The molecule has 0 bridgehead atoms. The number of terminal acetylenes is 1. The number of hydrogen-bond acceptors (Lipinski definition) is 7. The average molecular weight is 564 g/mol. The van der Waals surface area contributed by atoms with Crippen LogP contribution in [0.15, 0.2) is 18.3 Å². The van der Waals surface area contributed by atoms with Crippen LogP contribution >= 0.6 is 0 Å². The first kappa shape index (κ1) is 28.5. The summed E-state index contributed by atoms with van der Waals surface area (Å²) >= 11 is 0. The molecule has 1 atom stereocenters. The number of aromatic nitrogens is 5. The molecule has 2 aliphatic carbocycles. The van der Waals surface area contributed by atoms with E-state index in [0.29, 0.717) is 41.0 Å². The van der Waals surface area contributed by atoms with Crippen LogP contribution in [0.1, 0.15) is 83.0 Å². The van der Waals surface area contributed by atoms with Crippen molar-refractivity contribution in [3.63, 3.8) is 0 Å². The van der Waals surface area contributed by atoms with Crippen LogP contribution in [0.25, 0.3) is 22.7 Å². The molecule has 0 unspecified atom stereocenters. The Morgan fingerprint density at radius 1 is 1.10 bits per heavy atom. The lowest BCUT2D eigenvalue weighted by atomic mass is 9.80. The predicted molar refractivity (Wildman–Crippen MR) is 159 cm³/mol. The minimum atomic E-state index is -3.40. The van der Waals surface area contributed by atoms with Gasteiger partial charge in [-0.05, 0) is 80.9 Å². The summed E-state index contributed by atoms with van der Waals surface area (Å²) in [6.07, 6.45) is 16.5. The second-order valence-electron chi connectivity index (χ2n) is 11.9. The van der Waals surface area contributed by atoms with E-state index in [2.05, 4.69) is 47.4 Å². The Balaban J connectivity index is 1.63. The molecule has 2 saturated carbocycles. The summed E-state index contributed by atoms with van der Waals surface area (Å²) in [5.41, 5.74) is 3.39. The first-order chi connectivity index (χ1) is 19.1. The summed E-state index contributed by atoms with van der Waals surface area (Å²) < 4.78 is 28.5. The van der Waals surface area contributed by atoms with Gasteiger partial charge in [-0.25, -0.2) is 28.1 Å². The largest absolute Gasteiger partial charge is 0.365 e.